The average molecular weight is 723 g/mol. The van der Waals surface area contributed by atoms with Crippen molar-refractivity contribution in [3.8, 4) is 6.07 Å². The zero-order valence-corrected chi connectivity index (χ0v) is 29.8. The van der Waals surface area contributed by atoms with E-state index in [4.69, 9.17) is 24.2 Å². The van der Waals surface area contributed by atoms with Crippen molar-refractivity contribution in [3.05, 3.63) is 101 Å². The smallest absolute Gasteiger partial charge is 0.550 e. The molecular weight excluding hydrogens is 692 g/mol. The molecule has 0 saturated carbocycles. The van der Waals surface area contributed by atoms with Crippen LogP contribution in [0.25, 0.3) is 6.08 Å². The van der Waals surface area contributed by atoms with Crippen molar-refractivity contribution in [3.63, 3.8) is 0 Å². The van der Waals surface area contributed by atoms with E-state index in [0.29, 0.717) is 11.6 Å². The summed E-state index contributed by atoms with van der Waals surface area (Å²) < 4.78 is 67.3. The maximum absolute atomic E-state index is 15.5. The van der Waals surface area contributed by atoms with Crippen LogP contribution in [0.1, 0.15) is 36.5 Å². The van der Waals surface area contributed by atoms with Crippen LogP contribution >= 0.6 is 11.8 Å². The molecule has 12 nitrogen and oxygen atoms in total. The molecule has 1 aliphatic heterocycles. The Bertz CT molecular complexity index is 1730. The van der Waals surface area contributed by atoms with Gasteiger partial charge in [-0.1, -0.05) is 24.3 Å². The number of hydrogen-bond acceptors (Lipinski definition) is 12. The molecule has 3 aromatic rings. The fourth-order valence-electron chi connectivity index (χ4n) is 4.77. The molecule has 17 heteroatoms. The van der Waals surface area contributed by atoms with Crippen molar-refractivity contribution in [1.29, 1.82) is 5.26 Å². The summed E-state index contributed by atoms with van der Waals surface area (Å²) in [6.07, 6.45) is 6.98. The Morgan fingerprint density at radius 1 is 1.12 bits per heavy atom. The summed E-state index contributed by atoms with van der Waals surface area (Å²) >= 11 is 1.24. The van der Waals surface area contributed by atoms with Gasteiger partial charge in [0.05, 0.1) is 43.1 Å². The van der Waals surface area contributed by atoms with Crippen molar-refractivity contribution >= 4 is 35.7 Å². The van der Waals surface area contributed by atoms with Gasteiger partial charge in [0.15, 0.2) is 18.5 Å². The molecule has 1 aliphatic rings. The summed E-state index contributed by atoms with van der Waals surface area (Å²) in [6.45, 7) is 0.782. The molecule has 0 bridgehead atoms. The zero-order valence-electron chi connectivity index (χ0n) is 27.0. The molecule has 0 N–H and O–H groups in total. The van der Waals surface area contributed by atoms with Crippen molar-refractivity contribution in [2.24, 2.45) is 0 Å². The number of esters is 2. The summed E-state index contributed by atoms with van der Waals surface area (Å²) in [6, 6.07) is 8.79. The monoisotopic (exact) mass is 722 g/mol. The van der Waals surface area contributed by atoms with Gasteiger partial charge in [0.25, 0.3) is 0 Å². The molecule has 0 unspecified atom stereocenters. The maximum Gasteiger partial charge on any atom is 1.00 e. The summed E-state index contributed by atoms with van der Waals surface area (Å²) in [5, 5.41) is 22.5. The number of carboxylic acid groups (broad SMARTS) is 1. The van der Waals surface area contributed by atoms with Gasteiger partial charge < -0.3 is 28.8 Å². The van der Waals surface area contributed by atoms with Gasteiger partial charge in [-0.05, 0) is 43.7 Å². The number of aliphatic carboxylic acids is 1. The Kier molecular flexibility index (Phi) is 15.7. The van der Waals surface area contributed by atoms with E-state index >= 15 is 4.39 Å². The Labute approximate surface area is 311 Å². The summed E-state index contributed by atoms with van der Waals surface area (Å²) in [5.41, 5.74) is -1.56. The van der Waals surface area contributed by atoms with Gasteiger partial charge in [-0.2, -0.15) is 10.4 Å². The Morgan fingerprint density at radius 2 is 1.88 bits per heavy atom. The molecule has 0 spiro atoms. The van der Waals surface area contributed by atoms with Crippen molar-refractivity contribution < 1.29 is 81.2 Å². The van der Waals surface area contributed by atoms with Gasteiger partial charge in [-0.15, -0.1) is 11.8 Å². The number of rotatable bonds is 15. The first-order valence-electron chi connectivity index (χ1n) is 14.8. The summed E-state index contributed by atoms with van der Waals surface area (Å²) in [7, 11) is 0. The van der Waals surface area contributed by atoms with E-state index in [9.17, 15) is 28.3 Å². The first-order chi connectivity index (χ1) is 23.5. The number of carbonyl (C=O) groups is 3. The normalized spacial score (nSPS) is 17.7. The fourth-order valence-corrected chi connectivity index (χ4v) is 6.13. The summed E-state index contributed by atoms with van der Waals surface area (Å²) in [5.74, 6) is -5.97. The van der Waals surface area contributed by atoms with Crippen LogP contribution in [0.15, 0.2) is 67.3 Å². The summed E-state index contributed by atoms with van der Waals surface area (Å²) in [4.78, 5) is 39.6. The molecule has 4 rings (SSSR count). The van der Waals surface area contributed by atoms with Gasteiger partial charge in [0.2, 0.25) is 0 Å². The van der Waals surface area contributed by atoms with Crippen LogP contribution in [0.2, 0.25) is 0 Å². The van der Waals surface area contributed by atoms with E-state index in [1.807, 2.05) is 6.07 Å². The number of thioether (sulfide) groups is 1. The number of nitrogens with zero attached hydrogens (tertiary/aromatic N) is 4. The number of aromatic nitrogens is 3. The molecule has 2 heterocycles. The van der Waals surface area contributed by atoms with Crippen LogP contribution in [0.4, 0.5) is 13.2 Å². The van der Waals surface area contributed by atoms with Crippen molar-refractivity contribution in [2.75, 3.05) is 19.8 Å². The maximum atomic E-state index is 15.5. The van der Waals surface area contributed by atoms with Gasteiger partial charge >= 0.3 is 41.5 Å². The Hall–Kier alpha value is -3.98. The van der Waals surface area contributed by atoms with Crippen LogP contribution < -0.4 is 34.7 Å². The van der Waals surface area contributed by atoms with E-state index in [0.717, 1.165) is 18.2 Å². The fraction of sp³-hybridized carbons (Fsp3) is 0.333. The standard InChI is InChI=1S/C33H31F3N4O8S.Na/c1-21(49-25-15-46-32(47-16-25)5-3-2-4-23-7-6-22(14-37)12-27(23)35)33(18-40-20-38-19-39-40,26-9-8-24(34)13-28(26)36)48-31(44)17-45-30(43)11-10-29(41)42;/h2-9,12-13,19-21,25,32H,10-11,15-18H2,1H3,(H,41,42);/q;+1/p-1/b4-2+,5-3+;/t21-,25-,32-,33-;/m1./s1. The average Bonchev–Trinajstić information content (AvgIpc) is 3.58. The minimum absolute atomic E-state index is 0. The molecule has 0 aliphatic carbocycles. The topological polar surface area (TPSA) is 166 Å². The van der Waals surface area contributed by atoms with E-state index in [1.54, 1.807) is 25.2 Å². The predicted molar refractivity (Wildman–Crippen MR) is 165 cm³/mol. The molecule has 258 valence electrons. The number of hydrogen-bond donors (Lipinski definition) is 0. The predicted octanol–water partition coefficient (Wildman–Crippen LogP) is 0.216. The second kappa shape index (κ2) is 19.4. The molecule has 0 radical (unpaired) electrons. The zero-order chi connectivity index (χ0) is 35.4. The van der Waals surface area contributed by atoms with Crippen LogP contribution in [0, 0.1) is 28.8 Å². The Morgan fingerprint density at radius 3 is 2.52 bits per heavy atom. The quantitative estimate of drug-likeness (QED) is 0.119. The van der Waals surface area contributed by atoms with E-state index in [1.165, 1.54) is 47.3 Å². The van der Waals surface area contributed by atoms with Gasteiger partial charge in [-0.25, -0.2) is 27.6 Å². The van der Waals surface area contributed by atoms with Crippen molar-refractivity contribution in [1.82, 2.24) is 14.8 Å². The largest absolute Gasteiger partial charge is 1.00 e. The van der Waals surface area contributed by atoms with Crippen LogP contribution in [0.3, 0.4) is 0 Å². The third kappa shape index (κ3) is 11.5. The molecule has 0 amide bonds. The molecule has 2 atom stereocenters. The number of halogens is 3. The third-order valence-electron chi connectivity index (χ3n) is 7.16. The second-order valence-corrected chi connectivity index (χ2v) is 12.3. The molecule has 1 saturated heterocycles. The molecule has 1 fully saturated rings. The van der Waals surface area contributed by atoms with E-state index < -0.39 is 71.9 Å². The molecule has 50 heavy (non-hydrogen) atoms. The van der Waals surface area contributed by atoms with Crippen molar-refractivity contribution in [2.45, 2.75) is 48.7 Å². The molecule has 2 aromatic carbocycles. The second-order valence-electron chi connectivity index (χ2n) is 10.6. The first-order valence-corrected chi connectivity index (χ1v) is 15.7. The van der Waals surface area contributed by atoms with E-state index in [-0.39, 0.29) is 65.7 Å². The van der Waals surface area contributed by atoms with Crippen LogP contribution in [0.5, 0.6) is 0 Å². The van der Waals surface area contributed by atoms with E-state index in [2.05, 4.69) is 10.1 Å². The number of carboxylic acids is 1. The SMILES string of the molecule is C[C@@H](S[C@H]1CO[C@H](/C=C/C=C/c2ccc(C#N)cc2F)OC1)[C@@](Cn1cncn1)(OC(=O)COC(=O)CCC(=O)[O-])c1ccc(F)cc1F.[Na+]. The van der Waals surface area contributed by atoms with Gasteiger partial charge in [0, 0.05) is 28.4 Å². The number of nitriles is 1. The number of benzene rings is 2. The third-order valence-corrected chi connectivity index (χ3v) is 8.61. The molecular formula is C33H30F3N4NaO8S. The number of ether oxygens (including phenoxy) is 4. The van der Waals surface area contributed by atoms with Gasteiger partial charge in [0.1, 0.15) is 30.1 Å². The molecule has 1 aromatic heterocycles. The minimum atomic E-state index is -1.87. The van der Waals surface area contributed by atoms with Crippen LogP contribution in [-0.4, -0.2) is 69.3 Å². The van der Waals surface area contributed by atoms with Crippen LogP contribution in [-0.2, 0) is 45.5 Å². The number of allylic oxidation sites excluding steroid dienone is 2. The minimum Gasteiger partial charge on any atom is -0.550 e. The number of carbonyl (C=O) groups excluding carboxylic acids is 3. The van der Waals surface area contributed by atoms with Gasteiger partial charge in [-0.3, -0.25) is 4.79 Å². The first kappa shape index (κ1) is 40.4. The Balaban J connectivity index is 0.00000676.